The lowest BCUT2D eigenvalue weighted by Gasteiger charge is -2.57. The van der Waals surface area contributed by atoms with Gasteiger partial charge in [0.25, 0.3) is 0 Å². The highest BCUT2D eigenvalue weighted by molar-refractivity contribution is 5.69. The second-order valence-electron chi connectivity index (χ2n) is 9.71. The summed E-state index contributed by atoms with van der Waals surface area (Å²) in [5.74, 6) is 1.01. The molecule has 27 heavy (non-hydrogen) atoms. The van der Waals surface area contributed by atoms with E-state index in [0.29, 0.717) is 36.2 Å². The number of fused-ring (bicyclic) bond motifs is 1. The molecule has 0 aromatic rings. The van der Waals surface area contributed by atoms with E-state index in [0.717, 1.165) is 19.3 Å². The van der Waals surface area contributed by atoms with Crippen LogP contribution >= 0.6 is 0 Å². The van der Waals surface area contributed by atoms with E-state index >= 15 is 0 Å². The fraction of sp³-hybridized carbons (Fsp3) is 0.826. The van der Waals surface area contributed by atoms with Crippen LogP contribution in [0.5, 0.6) is 0 Å². The van der Waals surface area contributed by atoms with Crippen molar-refractivity contribution in [3.05, 3.63) is 11.6 Å². The van der Waals surface area contributed by atoms with Crippen LogP contribution in [-0.2, 0) is 19.1 Å². The Balaban J connectivity index is 2.19. The second kappa shape index (κ2) is 8.79. The minimum Gasteiger partial charge on any atom is -0.469 e. The van der Waals surface area contributed by atoms with Crippen molar-refractivity contribution in [1.82, 2.24) is 0 Å². The Kier molecular flexibility index (Phi) is 7.15. The van der Waals surface area contributed by atoms with Crippen LogP contribution in [0.25, 0.3) is 0 Å². The molecule has 154 valence electrons. The van der Waals surface area contributed by atoms with Crippen molar-refractivity contribution in [1.29, 1.82) is 0 Å². The average Bonchev–Trinajstić information content (AvgIpc) is 2.57. The van der Waals surface area contributed by atoms with Crippen molar-refractivity contribution in [2.24, 2.45) is 28.6 Å². The Morgan fingerprint density at radius 1 is 1.26 bits per heavy atom. The molecule has 0 N–H and O–H groups in total. The Bertz CT molecular complexity index is 577. The SMILES string of the molecule is COC(=O)C[C@H](C)CC[C@@H]1C(COC(C)=O)=CC[C@@H]2C(C)(C)CCC[C@@]12C. The van der Waals surface area contributed by atoms with Crippen LogP contribution in [0.3, 0.4) is 0 Å². The van der Waals surface area contributed by atoms with Gasteiger partial charge >= 0.3 is 11.9 Å². The molecule has 0 aromatic carbocycles. The number of methoxy groups -OCH3 is 1. The highest BCUT2D eigenvalue weighted by Crippen LogP contribution is 2.60. The normalized spacial score (nSPS) is 30.7. The number of ether oxygens (including phenoxy) is 2. The third kappa shape index (κ3) is 5.14. The molecule has 0 amide bonds. The average molecular weight is 379 g/mol. The molecule has 1 fully saturated rings. The highest BCUT2D eigenvalue weighted by atomic mass is 16.5. The van der Waals surface area contributed by atoms with Gasteiger partial charge in [-0.3, -0.25) is 9.59 Å². The van der Waals surface area contributed by atoms with Gasteiger partial charge in [0, 0.05) is 13.3 Å². The summed E-state index contributed by atoms with van der Waals surface area (Å²) in [6.45, 7) is 11.3. The van der Waals surface area contributed by atoms with Gasteiger partial charge in [-0.25, -0.2) is 0 Å². The lowest BCUT2D eigenvalue weighted by atomic mass is 9.48. The standard InChI is InChI=1S/C23H38O4/c1-16(14-21(25)26-6)8-10-19-18(15-27-17(2)24)9-11-20-22(3,4)12-7-13-23(19,20)5/h9,16,19-20H,7-8,10-15H2,1-6H3/t16-,19-,20-,23+/m1/s1. The maximum absolute atomic E-state index is 11.6. The number of rotatable bonds is 7. The number of hydrogen-bond donors (Lipinski definition) is 0. The minimum absolute atomic E-state index is 0.135. The maximum atomic E-state index is 11.6. The molecule has 0 saturated heterocycles. The van der Waals surface area contributed by atoms with Gasteiger partial charge in [-0.15, -0.1) is 0 Å². The molecule has 4 heteroatoms. The summed E-state index contributed by atoms with van der Waals surface area (Å²) in [5.41, 5.74) is 1.86. The number of hydrogen-bond acceptors (Lipinski definition) is 4. The Hall–Kier alpha value is -1.32. The smallest absolute Gasteiger partial charge is 0.305 e. The molecule has 0 spiro atoms. The first-order chi connectivity index (χ1) is 12.6. The van der Waals surface area contributed by atoms with Gasteiger partial charge in [0.05, 0.1) is 7.11 Å². The molecule has 2 rings (SSSR count). The van der Waals surface area contributed by atoms with Crippen molar-refractivity contribution < 1.29 is 19.1 Å². The molecule has 4 atom stereocenters. The van der Waals surface area contributed by atoms with Crippen molar-refractivity contribution >= 4 is 11.9 Å². The first kappa shape index (κ1) is 22.0. The third-order valence-electron chi connectivity index (χ3n) is 7.27. The summed E-state index contributed by atoms with van der Waals surface area (Å²) in [6.07, 6.45) is 9.69. The molecular formula is C23H38O4. The van der Waals surface area contributed by atoms with Crippen molar-refractivity contribution in [3.8, 4) is 0 Å². The van der Waals surface area contributed by atoms with Crippen LogP contribution in [0.2, 0.25) is 0 Å². The molecule has 0 radical (unpaired) electrons. The zero-order chi connectivity index (χ0) is 20.2. The van der Waals surface area contributed by atoms with E-state index in [1.54, 1.807) is 0 Å². The summed E-state index contributed by atoms with van der Waals surface area (Å²) in [7, 11) is 1.45. The number of allylic oxidation sites excluding steroid dienone is 1. The molecule has 0 bridgehead atoms. The lowest BCUT2D eigenvalue weighted by molar-refractivity contribution is -0.142. The first-order valence-electron chi connectivity index (χ1n) is 10.5. The van der Waals surface area contributed by atoms with Gasteiger partial charge in [0.1, 0.15) is 6.61 Å². The van der Waals surface area contributed by atoms with E-state index < -0.39 is 0 Å². The molecule has 0 aliphatic heterocycles. The van der Waals surface area contributed by atoms with E-state index in [2.05, 4.69) is 33.8 Å². The molecule has 1 saturated carbocycles. The summed E-state index contributed by atoms with van der Waals surface area (Å²) in [6, 6.07) is 0. The van der Waals surface area contributed by atoms with Crippen LogP contribution in [-0.4, -0.2) is 25.7 Å². The van der Waals surface area contributed by atoms with Gasteiger partial charge in [-0.2, -0.15) is 0 Å². The number of carbonyl (C=O) groups is 2. The van der Waals surface area contributed by atoms with Gasteiger partial charge in [0.15, 0.2) is 0 Å². The largest absolute Gasteiger partial charge is 0.469 e. The highest BCUT2D eigenvalue weighted by Gasteiger charge is 2.52. The number of esters is 2. The van der Waals surface area contributed by atoms with Gasteiger partial charge in [-0.05, 0) is 66.3 Å². The first-order valence-corrected chi connectivity index (χ1v) is 10.5. The van der Waals surface area contributed by atoms with Crippen LogP contribution < -0.4 is 0 Å². The quantitative estimate of drug-likeness (QED) is 0.445. The summed E-state index contributed by atoms with van der Waals surface area (Å²) in [5, 5.41) is 0. The van der Waals surface area contributed by atoms with Crippen LogP contribution in [0, 0.1) is 28.6 Å². The third-order valence-corrected chi connectivity index (χ3v) is 7.27. The molecule has 2 aliphatic carbocycles. The van der Waals surface area contributed by atoms with Crippen molar-refractivity contribution in [3.63, 3.8) is 0 Å². The zero-order valence-electron chi connectivity index (χ0n) is 18.1. The van der Waals surface area contributed by atoms with Crippen molar-refractivity contribution in [2.45, 2.75) is 79.6 Å². The molecule has 0 heterocycles. The molecule has 0 aromatic heterocycles. The molecule has 0 unspecified atom stereocenters. The fourth-order valence-electron chi connectivity index (χ4n) is 5.79. The summed E-state index contributed by atoms with van der Waals surface area (Å²) < 4.78 is 10.2. The molecule has 4 nitrogen and oxygen atoms in total. The predicted molar refractivity (Wildman–Crippen MR) is 107 cm³/mol. The maximum Gasteiger partial charge on any atom is 0.305 e. The molecule has 2 aliphatic rings. The predicted octanol–water partition coefficient (Wildman–Crippen LogP) is 5.31. The Morgan fingerprint density at radius 3 is 2.59 bits per heavy atom. The summed E-state index contributed by atoms with van der Waals surface area (Å²) >= 11 is 0. The van der Waals surface area contributed by atoms with E-state index in [1.165, 1.54) is 38.9 Å². The van der Waals surface area contributed by atoms with Gasteiger partial charge < -0.3 is 9.47 Å². The van der Waals surface area contributed by atoms with E-state index in [4.69, 9.17) is 9.47 Å². The van der Waals surface area contributed by atoms with Crippen molar-refractivity contribution in [2.75, 3.05) is 13.7 Å². The topological polar surface area (TPSA) is 52.6 Å². The Labute approximate surface area is 165 Å². The number of carbonyl (C=O) groups excluding carboxylic acids is 2. The molecular weight excluding hydrogens is 340 g/mol. The zero-order valence-corrected chi connectivity index (χ0v) is 18.1. The van der Waals surface area contributed by atoms with Crippen LogP contribution in [0.15, 0.2) is 11.6 Å². The van der Waals surface area contributed by atoms with E-state index in [9.17, 15) is 9.59 Å². The minimum atomic E-state index is -0.218. The fourth-order valence-corrected chi connectivity index (χ4v) is 5.79. The van der Waals surface area contributed by atoms with Gasteiger partial charge in [-0.1, -0.05) is 40.2 Å². The van der Waals surface area contributed by atoms with E-state index in [-0.39, 0.29) is 17.4 Å². The van der Waals surface area contributed by atoms with Crippen LogP contribution in [0.1, 0.15) is 79.6 Å². The van der Waals surface area contributed by atoms with E-state index in [1.807, 2.05) is 0 Å². The lowest BCUT2D eigenvalue weighted by Crippen LogP contribution is -2.49. The van der Waals surface area contributed by atoms with Crippen LogP contribution in [0.4, 0.5) is 0 Å². The van der Waals surface area contributed by atoms with Gasteiger partial charge in [0.2, 0.25) is 0 Å². The summed E-state index contributed by atoms with van der Waals surface area (Å²) in [4.78, 5) is 23.0. The second-order valence-corrected chi connectivity index (χ2v) is 9.71. The Morgan fingerprint density at radius 2 is 1.96 bits per heavy atom. The monoisotopic (exact) mass is 378 g/mol.